The predicted octanol–water partition coefficient (Wildman–Crippen LogP) is 1.90. The van der Waals surface area contributed by atoms with E-state index < -0.39 is 0 Å². The largest absolute Gasteiger partial charge is 0.396 e. The molecule has 0 atom stereocenters. The third kappa shape index (κ3) is 3.43. The molecule has 0 saturated carbocycles. The zero-order valence-electron chi connectivity index (χ0n) is 11.4. The molecule has 0 aromatic rings. The molecule has 0 aromatic heterocycles. The molecule has 17 heavy (non-hydrogen) atoms. The third-order valence-electron chi connectivity index (χ3n) is 4.33. The average molecular weight is 241 g/mol. The zero-order valence-corrected chi connectivity index (χ0v) is 11.4. The van der Waals surface area contributed by atoms with Crippen molar-refractivity contribution in [1.82, 2.24) is 4.90 Å². The lowest BCUT2D eigenvalue weighted by molar-refractivity contribution is -0.0913. The van der Waals surface area contributed by atoms with Crippen LogP contribution in [-0.4, -0.2) is 49.5 Å². The topological polar surface area (TPSA) is 32.7 Å². The Bertz CT molecular complexity index is 239. The van der Waals surface area contributed by atoms with Gasteiger partial charge in [-0.15, -0.1) is 0 Å². The van der Waals surface area contributed by atoms with Gasteiger partial charge in [-0.05, 0) is 31.1 Å². The Hall–Kier alpha value is -0.120. The number of nitrogens with zero attached hydrogens (tertiary/aromatic N) is 1. The predicted molar refractivity (Wildman–Crippen MR) is 69.0 cm³/mol. The number of hydrogen-bond acceptors (Lipinski definition) is 3. The minimum Gasteiger partial charge on any atom is -0.396 e. The Morgan fingerprint density at radius 1 is 1.24 bits per heavy atom. The van der Waals surface area contributed by atoms with Gasteiger partial charge in [-0.1, -0.05) is 13.8 Å². The molecule has 0 aromatic carbocycles. The van der Waals surface area contributed by atoms with Crippen LogP contribution in [0.2, 0.25) is 0 Å². The van der Waals surface area contributed by atoms with Crippen LogP contribution >= 0.6 is 0 Å². The summed E-state index contributed by atoms with van der Waals surface area (Å²) in [7, 11) is 0. The van der Waals surface area contributed by atoms with Crippen LogP contribution in [0, 0.1) is 10.8 Å². The van der Waals surface area contributed by atoms with Gasteiger partial charge in [-0.2, -0.15) is 0 Å². The molecule has 2 aliphatic heterocycles. The number of aliphatic hydroxyl groups is 1. The summed E-state index contributed by atoms with van der Waals surface area (Å²) < 4.78 is 5.44. The molecule has 3 heteroatoms. The molecule has 0 radical (unpaired) electrons. The van der Waals surface area contributed by atoms with Crippen molar-refractivity contribution in [3.05, 3.63) is 0 Å². The van der Waals surface area contributed by atoms with Crippen molar-refractivity contribution in [2.45, 2.75) is 39.5 Å². The van der Waals surface area contributed by atoms with Gasteiger partial charge in [0.25, 0.3) is 0 Å². The van der Waals surface area contributed by atoms with Crippen LogP contribution in [0.3, 0.4) is 0 Å². The van der Waals surface area contributed by atoms with Crippen molar-refractivity contribution in [3.8, 4) is 0 Å². The minimum absolute atomic E-state index is 0.324. The molecule has 2 rings (SSSR count). The highest BCUT2D eigenvalue weighted by molar-refractivity contribution is 4.97. The number of likely N-dealkylation sites (tertiary alicyclic amines) is 1. The van der Waals surface area contributed by atoms with Gasteiger partial charge in [0.05, 0.1) is 0 Å². The van der Waals surface area contributed by atoms with E-state index in [1.807, 2.05) is 0 Å². The van der Waals surface area contributed by atoms with Crippen molar-refractivity contribution >= 4 is 0 Å². The molecule has 1 N–H and O–H groups in total. The number of hydrogen-bond donors (Lipinski definition) is 1. The first-order valence-corrected chi connectivity index (χ1v) is 6.96. The summed E-state index contributed by atoms with van der Waals surface area (Å²) in [5.74, 6) is 0. The third-order valence-corrected chi connectivity index (χ3v) is 4.33. The van der Waals surface area contributed by atoms with Crippen molar-refractivity contribution in [2.75, 3.05) is 39.5 Å². The van der Waals surface area contributed by atoms with Gasteiger partial charge in [0.1, 0.15) is 0 Å². The molecular formula is C14H27NO2. The highest BCUT2D eigenvalue weighted by atomic mass is 16.5. The first kappa shape index (κ1) is 13.3. The van der Waals surface area contributed by atoms with E-state index in [9.17, 15) is 0 Å². The monoisotopic (exact) mass is 241 g/mol. The second-order valence-electron chi connectivity index (χ2n) is 6.75. The molecule has 0 unspecified atom stereocenters. The van der Waals surface area contributed by atoms with Crippen LogP contribution in [0.15, 0.2) is 0 Å². The lowest BCUT2D eigenvalue weighted by Gasteiger charge is -2.54. The SMILES string of the molecule is CC(C)(CCCO)CN1CC2(CCOCC2)C1. The van der Waals surface area contributed by atoms with Gasteiger partial charge in [0, 0.05) is 44.9 Å². The lowest BCUT2D eigenvalue weighted by Crippen LogP contribution is -2.60. The molecule has 0 amide bonds. The Morgan fingerprint density at radius 3 is 2.47 bits per heavy atom. The Labute approximate surface area is 105 Å². The van der Waals surface area contributed by atoms with Gasteiger partial charge >= 0.3 is 0 Å². The molecular weight excluding hydrogens is 214 g/mol. The summed E-state index contributed by atoms with van der Waals surface area (Å²) in [6, 6.07) is 0. The van der Waals surface area contributed by atoms with Crippen LogP contribution in [0.4, 0.5) is 0 Å². The maximum atomic E-state index is 8.91. The van der Waals surface area contributed by atoms with Crippen molar-refractivity contribution in [2.24, 2.45) is 10.8 Å². The molecule has 2 saturated heterocycles. The molecule has 0 bridgehead atoms. The van der Waals surface area contributed by atoms with Crippen LogP contribution in [0.5, 0.6) is 0 Å². The van der Waals surface area contributed by atoms with Gasteiger partial charge < -0.3 is 14.7 Å². The fraction of sp³-hybridized carbons (Fsp3) is 1.00. The summed E-state index contributed by atoms with van der Waals surface area (Å²) in [6.07, 6.45) is 4.55. The first-order valence-electron chi connectivity index (χ1n) is 6.96. The lowest BCUT2D eigenvalue weighted by atomic mass is 9.72. The van der Waals surface area contributed by atoms with E-state index >= 15 is 0 Å². The van der Waals surface area contributed by atoms with E-state index in [0.717, 1.165) is 26.1 Å². The summed E-state index contributed by atoms with van der Waals surface area (Å²) >= 11 is 0. The van der Waals surface area contributed by atoms with E-state index in [4.69, 9.17) is 9.84 Å². The van der Waals surface area contributed by atoms with E-state index in [-0.39, 0.29) is 0 Å². The average Bonchev–Trinajstić information content (AvgIpc) is 2.25. The van der Waals surface area contributed by atoms with E-state index in [2.05, 4.69) is 18.7 Å². The molecule has 3 nitrogen and oxygen atoms in total. The molecule has 2 aliphatic rings. The van der Waals surface area contributed by atoms with E-state index in [1.54, 1.807) is 0 Å². The summed E-state index contributed by atoms with van der Waals surface area (Å²) in [5, 5.41) is 8.91. The van der Waals surface area contributed by atoms with Gasteiger partial charge in [0.2, 0.25) is 0 Å². The number of rotatable bonds is 5. The number of ether oxygens (including phenoxy) is 1. The maximum absolute atomic E-state index is 8.91. The van der Waals surface area contributed by atoms with Crippen LogP contribution in [0.1, 0.15) is 39.5 Å². The Balaban J connectivity index is 1.72. The normalized spacial score (nSPS) is 24.9. The zero-order chi connectivity index (χ0) is 12.4. The summed E-state index contributed by atoms with van der Waals surface area (Å²) in [4.78, 5) is 2.59. The first-order chi connectivity index (χ1) is 8.05. The fourth-order valence-electron chi connectivity index (χ4n) is 3.38. The van der Waals surface area contributed by atoms with E-state index in [0.29, 0.717) is 17.4 Å². The highest BCUT2D eigenvalue weighted by Gasteiger charge is 2.44. The van der Waals surface area contributed by atoms with Crippen LogP contribution in [-0.2, 0) is 4.74 Å². The van der Waals surface area contributed by atoms with Crippen LogP contribution < -0.4 is 0 Å². The molecule has 2 fully saturated rings. The fourth-order valence-corrected chi connectivity index (χ4v) is 3.38. The molecule has 1 spiro atoms. The van der Waals surface area contributed by atoms with Gasteiger partial charge in [-0.3, -0.25) is 0 Å². The van der Waals surface area contributed by atoms with E-state index in [1.165, 1.54) is 32.5 Å². The smallest absolute Gasteiger partial charge is 0.0472 e. The summed E-state index contributed by atoms with van der Waals surface area (Å²) in [5.41, 5.74) is 0.931. The Kier molecular flexibility index (Phi) is 4.11. The Morgan fingerprint density at radius 2 is 1.88 bits per heavy atom. The number of aliphatic hydroxyl groups excluding tert-OH is 1. The maximum Gasteiger partial charge on any atom is 0.0472 e. The van der Waals surface area contributed by atoms with Crippen LogP contribution in [0.25, 0.3) is 0 Å². The van der Waals surface area contributed by atoms with Crippen molar-refractivity contribution in [1.29, 1.82) is 0 Å². The minimum atomic E-state index is 0.324. The molecule has 100 valence electrons. The van der Waals surface area contributed by atoms with Crippen molar-refractivity contribution in [3.63, 3.8) is 0 Å². The van der Waals surface area contributed by atoms with Gasteiger partial charge in [0.15, 0.2) is 0 Å². The quantitative estimate of drug-likeness (QED) is 0.798. The summed E-state index contributed by atoms with van der Waals surface area (Å²) in [6.45, 7) is 10.6. The molecule has 0 aliphatic carbocycles. The van der Waals surface area contributed by atoms with Gasteiger partial charge in [-0.25, -0.2) is 0 Å². The molecule has 2 heterocycles. The second-order valence-corrected chi connectivity index (χ2v) is 6.75. The van der Waals surface area contributed by atoms with Crippen molar-refractivity contribution < 1.29 is 9.84 Å². The standard InChI is InChI=1S/C14H27NO2/c1-13(2,4-3-7-16)10-15-11-14(12-15)5-8-17-9-6-14/h16H,3-12H2,1-2H3. The highest BCUT2D eigenvalue weighted by Crippen LogP contribution is 2.41. The second kappa shape index (κ2) is 5.25.